The fraction of sp³-hybridized carbons (Fsp3) is 0.444. The third-order valence-corrected chi connectivity index (χ3v) is 2.38. The van der Waals surface area contributed by atoms with Gasteiger partial charge in [0.05, 0.1) is 0 Å². The number of aliphatic carboxylic acids is 1. The number of aromatic nitrogens is 2. The van der Waals surface area contributed by atoms with E-state index in [0.717, 1.165) is 6.54 Å². The van der Waals surface area contributed by atoms with Crippen molar-refractivity contribution in [2.45, 2.75) is 6.04 Å². The summed E-state index contributed by atoms with van der Waals surface area (Å²) in [6.07, 6.45) is 1.57. The van der Waals surface area contributed by atoms with Crippen LogP contribution in [0.2, 0.25) is 0 Å². The molecule has 1 atom stereocenters. The molecule has 80 valence electrons. The number of rotatable bonds is 2. The van der Waals surface area contributed by atoms with Crippen molar-refractivity contribution in [3.8, 4) is 0 Å². The monoisotopic (exact) mass is 208 g/mol. The molecule has 6 nitrogen and oxygen atoms in total. The molecule has 1 unspecified atom stereocenters. The lowest BCUT2D eigenvalue weighted by Gasteiger charge is -2.33. The van der Waals surface area contributed by atoms with Crippen LogP contribution in [0.4, 0.5) is 5.82 Å². The Hall–Kier alpha value is -1.69. The van der Waals surface area contributed by atoms with Crippen molar-refractivity contribution in [3.05, 3.63) is 18.3 Å². The Kier molecular flexibility index (Phi) is 2.77. The maximum atomic E-state index is 11.0. The van der Waals surface area contributed by atoms with Gasteiger partial charge in [-0.2, -0.15) is 5.10 Å². The van der Waals surface area contributed by atoms with E-state index in [0.29, 0.717) is 18.9 Å². The molecule has 0 saturated carbocycles. The van der Waals surface area contributed by atoms with E-state index in [1.54, 1.807) is 23.2 Å². The third kappa shape index (κ3) is 2.04. The molecular weight excluding hydrogens is 196 g/mol. The average molecular weight is 208 g/mol. The van der Waals surface area contributed by atoms with Gasteiger partial charge in [0, 0.05) is 25.8 Å². The van der Waals surface area contributed by atoms with Gasteiger partial charge in [0.15, 0.2) is 5.82 Å². The highest BCUT2D eigenvalue weighted by Gasteiger charge is 2.29. The van der Waals surface area contributed by atoms with Gasteiger partial charge < -0.3 is 15.3 Å². The Morgan fingerprint density at radius 1 is 1.67 bits per heavy atom. The molecule has 2 rings (SSSR count). The van der Waals surface area contributed by atoms with Crippen LogP contribution in [0.5, 0.6) is 0 Å². The summed E-state index contributed by atoms with van der Waals surface area (Å²) in [5.74, 6) is -0.223. The van der Waals surface area contributed by atoms with Crippen molar-refractivity contribution in [1.29, 1.82) is 0 Å². The number of carbonyl (C=O) groups is 1. The van der Waals surface area contributed by atoms with Crippen molar-refractivity contribution < 1.29 is 9.90 Å². The van der Waals surface area contributed by atoms with E-state index in [4.69, 9.17) is 5.11 Å². The van der Waals surface area contributed by atoms with Crippen LogP contribution in [0.15, 0.2) is 18.3 Å². The molecule has 1 fully saturated rings. The van der Waals surface area contributed by atoms with Gasteiger partial charge in [0.2, 0.25) is 0 Å². The van der Waals surface area contributed by atoms with Crippen LogP contribution in [0.25, 0.3) is 0 Å². The molecule has 2 heterocycles. The topological polar surface area (TPSA) is 78.4 Å². The smallest absolute Gasteiger partial charge is 0.327 e. The first-order chi connectivity index (χ1) is 7.29. The summed E-state index contributed by atoms with van der Waals surface area (Å²) >= 11 is 0. The second-order valence-electron chi connectivity index (χ2n) is 3.33. The molecule has 1 aromatic heterocycles. The number of hydrogen-bond donors (Lipinski definition) is 2. The lowest BCUT2D eigenvalue weighted by molar-refractivity contribution is -0.138. The van der Waals surface area contributed by atoms with Gasteiger partial charge in [0.25, 0.3) is 0 Å². The van der Waals surface area contributed by atoms with Crippen molar-refractivity contribution in [1.82, 2.24) is 15.5 Å². The van der Waals surface area contributed by atoms with Gasteiger partial charge in [-0.1, -0.05) is 0 Å². The molecule has 0 spiro atoms. The van der Waals surface area contributed by atoms with Crippen molar-refractivity contribution >= 4 is 11.8 Å². The number of anilines is 1. The zero-order chi connectivity index (χ0) is 10.7. The predicted octanol–water partition coefficient (Wildman–Crippen LogP) is -0.661. The predicted molar refractivity (Wildman–Crippen MR) is 53.7 cm³/mol. The summed E-state index contributed by atoms with van der Waals surface area (Å²) in [5, 5.41) is 19.8. The van der Waals surface area contributed by atoms with E-state index < -0.39 is 12.0 Å². The van der Waals surface area contributed by atoms with Gasteiger partial charge in [-0.25, -0.2) is 4.79 Å². The number of carboxylic acid groups (broad SMARTS) is 1. The van der Waals surface area contributed by atoms with E-state index in [2.05, 4.69) is 15.5 Å². The fourth-order valence-electron chi connectivity index (χ4n) is 1.65. The zero-order valence-corrected chi connectivity index (χ0v) is 8.13. The lowest BCUT2D eigenvalue weighted by atomic mass is 10.2. The molecule has 15 heavy (non-hydrogen) atoms. The van der Waals surface area contributed by atoms with E-state index in [1.807, 2.05) is 0 Å². The highest BCUT2D eigenvalue weighted by atomic mass is 16.4. The molecule has 0 aliphatic carbocycles. The lowest BCUT2D eigenvalue weighted by Crippen LogP contribution is -2.55. The first-order valence-corrected chi connectivity index (χ1v) is 4.77. The molecule has 2 N–H and O–H groups in total. The Balaban J connectivity index is 2.22. The van der Waals surface area contributed by atoms with Crippen LogP contribution in [-0.2, 0) is 4.79 Å². The van der Waals surface area contributed by atoms with E-state index in [-0.39, 0.29) is 0 Å². The number of hydrogen-bond acceptors (Lipinski definition) is 5. The molecule has 1 aliphatic rings. The SMILES string of the molecule is O=C(O)C1CNCCN1c1cccnn1. The van der Waals surface area contributed by atoms with Gasteiger partial charge in [0.1, 0.15) is 6.04 Å². The molecule has 1 saturated heterocycles. The number of piperazine rings is 1. The maximum absolute atomic E-state index is 11.0. The van der Waals surface area contributed by atoms with Crippen LogP contribution >= 0.6 is 0 Å². The van der Waals surface area contributed by atoms with Crippen molar-refractivity contribution in [2.75, 3.05) is 24.5 Å². The zero-order valence-electron chi connectivity index (χ0n) is 8.13. The summed E-state index contributed by atoms with van der Waals surface area (Å²) in [7, 11) is 0. The number of nitrogens with one attached hydrogen (secondary N) is 1. The van der Waals surface area contributed by atoms with Gasteiger partial charge in [-0.3, -0.25) is 0 Å². The van der Waals surface area contributed by atoms with E-state index >= 15 is 0 Å². The summed E-state index contributed by atoms with van der Waals surface area (Å²) in [6.45, 7) is 1.84. The molecule has 0 aromatic carbocycles. The van der Waals surface area contributed by atoms with Crippen molar-refractivity contribution in [3.63, 3.8) is 0 Å². The minimum atomic E-state index is -0.840. The average Bonchev–Trinajstić information content (AvgIpc) is 2.30. The third-order valence-electron chi connectivity index (χ3n) is 2.38. The normalized spacial score (nSPS) is 21.3. The highest BCUT2D eigenvalue weighted by Crippen LogP contribution is 2.13. The second kappa shape index (κ2) is 4.22. The van der Waals surface area contributed by atoms with Crippen molar-refractivity contribution in [2.24, 2.45) is 0 Å². The van der Waals surface area contributed by atoms with Gasteiger partial charge >= 0.3 is 5.97 Å². The van der Waals surface area contributed by atoms with Crippen LogP contribution in [0, 0.1) is 0 Å². The molecule has 0 radical (unpaired) electrons. The van der Waals surface area contributed by atoms with E-state index in [9.17, 15) is 4.79 Å². The van der Waals surface area contributed by atoms with Gasteiger partial charge in [-0.15, -0.1) is 5.10 Å². The standard InChI is InChI=1S/C9H12N4O2/c14-9(15)7-6-10-4-5-13(7)8-2-1-3-11-12-8/h1-3,7,10H,4-6H2,(H,14,15). The summed E-state index contributed by atoms with van der Waals surface area (Å²) in [6, 6.07) is 2.97. The van der Waals surface area contributed by atoms with E-state index in [1.165, 1.54) is 0 Å². The molecule has 6 heteroatoms. The Labute approximate surface area is 86.9 Å². The first kappa shape index (κ1) is 9.85. The Bertz CT molecular complexity index is 343. The molecular formula is C9H12N4O2. The molecule has 0 amide bonds. The molecule has 0 bridgehead atoms. The number of carboxylic acids is 1. The summed E-state index contributed by atoms with van der Waals surface area (Å²) in [5.41, 5.74) is 0. The van der Waals surface area contributed by atoms with Crippen LogP contribution in [0.3, 0.4) is 0 Å². The first-order valence-electron chi connectivity index (χ1n) is 4.77. The summed E-state index contributed by atoms with van der Waals surface area (Å²) in [4.78, 5) is 12.8. The highest BCUT2D eigenvalue weighted by molar-refractivity contribution is 5.78. The van der Waals surface area contributed by atoms with Crippen LogP contribution in [0.1, 0.15) is 0 Å². The minimum absolute atomic E-state index is 0.436. The van der Waals surface area contributed by atoms with Crippen LogP contribution in [-0.4, -0.2) is 46.9 Å². The quantitative estimate of drug-likeness (QED) is 0.671. The Morgan fingerprint density at radius 2 is 2.53 bits per heavy atom. The largest absolute Gasteiger partial charge is 0.480 e. The Morgan fingerprint density at radius 3 is 3.20 bits per heavy atom. The second-order valence-corrected chi connectivity index (χ2v) is 3.33. The summed E-state index contributed by atoms with van der Waals surface area (Å²) < 4.78 is 0. The number of nitrogens with zero attached hydrogens (tertiary/aromatic N) is 3. The minimum Gasteiger partial charge on any atom is -0.480 e. The van der Waals surface area contributed by atoms with Gasteiger partial charge in [-0.05, 0) is 12.1 Å². The fourth-order valence-corrected chi connectivity index (χ4v) is 1.65. The molecule has 1 aromatic rings. The molecule has 1 aliphatic heterocycles. The maximum Gasteiger partial charge on any atom is 0.327 e. The van der Waals surface area contributed by atoms with Crippen LogP contribution < -0.4 is 10.2 Å².